The summed E-state index contributed by atoms with van der Waals surface area (Å²) in [6.07, 6.45) is 1.07. The number of carbonyl (C=O) groups excluding carboxylic acids is 2. The fourth-order valence-electron chi connectivity index (χ4n) is 3.67. The molecule has 0 saturated carbocycles. The largest absolute Gasteiger partial charge is 0.497 e. The van der Waals surface area contributed by atoms with E-state index in [1.165, 1.54) is 0 Å². The first-order chi connectivity index (χ1) is 16.1. The van der Waals surface area contributed by atoms with E-state index >= 15 is 0 Å². The minimum atomic E-state index is -0.892. The lowest BCUT2D eigenvalue weighted by Crippen LogP contribution is -2.55. The number of carbonyl (C=O) groups is 2. The van der Waals surface area contributed by atoms with Gasteiger partial charge in [-0.2, -0.15) is 10.2 Å². The monoisotopic (exact) mass is 447 g/mol. The van der Waals surface area contributed by atoms with Gasteiger partial charge in [0.05, 0.1) is 20.3 Å². The van der Waals surface area contributed by atoms with Crippen molar-refractivity contribution >= 4 is 11.8 Å². The molecule has 1 aliphatic heterocycles. The number of hydrogen-bond acceptors (Lipinski definition) is 7. The van der Waals surface area contributed by atoms with E-state index in [1.54, 1.807) is 32.5 Å². The molecule has 1 saturated heterocycles. The molecule has 1 aromatic heterocycles. The maximum atomic E-state index is 13.2. The van der Waals surface area contributed by atoms with Crippen LogP contribution in [0.5, 0.6) is 11.5 Å². The predicted octanol–water partition coefficient (Wildman–Crippen LogP) is 1.73. The van der Waals surface area contributed by atoms with Crippen LogP contribution in [-0.2, 0) is 9.59 Å². The molecule has 2 heterocycles. The third-order valence-corrected chi connectivity index (χ3v) is 5.52. The van der Waals surface area contributed by atoms with Crippen molar-refractivity contribution in [2.45, 2.75) is 12.2 Å². The zero-order valence-electron chi connectivity index (χ0n) is 18.3. The van der Waals surface area contributed by atoms with Crippen LogP contribution in [0.25, 0.3) is 0 Å². The minimum absolute atomic E-state index is 0.177. The summed E-state index contributed by atoms with van der Waals surface area (Å²) in [4.78, 5) is 25.9. The average Bonchev–Trinajstić information content (AvgIpc) is 2.88. The molecule has 2 amide bonds. The Kier molecular flexibility index (Phi) is 6.80. The number of methoxy groups -OCH3 is 2. The predicted molar refractivity (Wildman–Crippen MR) is 120 cm³/mol. The summed E-state index contributed by atoms with van der Waals surface area (Å²) in [6.45, 7) is 0.177. The standard InChI is InChI=1S/C24H25N5O4/c1-32-17-9-5-15(6-10-17)21(16-7-11-18(33-2)12-8-16)27-23(30)19-14-25-22(28-24(19)31)20-4-3-13-26-29-20/h3-13,19,21-22,25H,14H2,1-2H3,(H,27,30)(H,28,31). The quantitative estimate of drug-likeness (QED) is 0.473. The third-order valence-electron chi connectivity index (χ3n) is 5.52. The van der Waals surface area contributed by atoms with Gasteiger partial charge in [-0.25, -0.2) is 0 Å². The van der Waals surface area contributed by atoms with Crippen molar-refractivity contribution in [3.8, 4) is 11.5 Å². The van der Waals surface area contributed by atoms with Crippen molar-refractivity contribution in [3.05, 3.63) is 83.7 Å². The topological polar surface area (TPSA) is 114 Å². The van der Waals surface area contributed by atoms with E-state index in [0.29, 0.717) is 17.2 Å². The van der Waals surface area contributed by atoms with E-state index in [9.17, 15) is 9.59 Å². The molecule has 3 aromatic rings. The second kappa shape index (κ2) is 10.1. The van der Waals surface area contributed by atoms with Gasteiger partial charge in [0, 0.05) is 12.7 Å². The number of ether oxygens (including phenoxy) is 2. The highest BCUT2D eigenvalue weighted by Gasteiger charge is 2.35. The van der Waals surface area contributed by atoms with Crippen LogP contribution >= 0.6 is 0 Å². The van der Waals surface area contributed by atoms with E-state index in [0.717, 1.165) is 11.1 Å². The summed E-state index contributed by atoms with van der Waals surface area (Å²) in [6, 6.07) is 17.9. The van der Waals surface area contributed by atoms with Gasteiger partial charge >= 0.3 is 0 Å². The second-order valence-electron chi connectivity index (χ2n) is 7.54. The molecule has 0 aliphatic carbocycles. The SMILES string of the molecule is COc1ccc(C(NC(=O)C2CNC(c3cccnn3)NC2=O)c2ccc(OC)cc2)cc1. The van der Waals surface area contributed by atoms with Crippen LogP contribution in [0.3, 0.4) is 0 Å². The average molecular weight is 447 g/mol. The maximum Gasteiger partial charge on any atom is 0.235 e. The van der Waals surface area contributed by atoms with Gasteiger partial charge in [-0.3, -0.25) is 14.9 Å². The van der Waals surface area contributed by atoms with Crippen LogP contribution in [0.1, 0.15) is 29.0 Å². The number of amides is 2. The molecular weight excluding hydrogens is 422 g/mol. The summed E-state index contributed by atoms with van der Waals surface area (Å²) in [7, 11) is 3.20. The fourth-order valence-corrected chi connectivity index (χ4v) is 3.67. The Balaban J connectivity index is 1.52. The van der Waals surface area contributed by atoms with Crippen LogP contribution < -0.4 is 25.4 Å². The van der Waals surface area contributed by atoms with E-state index in [1.807, 2.05) is 48.5 Å². The number of nitrogens with zero attached hydrogens (tertiary/aromatic N) is 2. The molecule has 2 atom stereocenters. The summed E-state index contributed by atoms with van der Waals surface area (Å²) in [5.41, 5.74) is 2.30. The van der Waals surface area contributed by atoms with E-state index in [2.05, 4.69) is 26.1 Å². The normalized spacial score (nSPS) is 17.8. The van der Waals surface area contributed by atoms with Gasteiger partial charge in [-0.1, -0.05) is 24.3 Å². The van der Waals surface area contributed by atoms with Crippen LogP contribution in [0.2, 0.25) is 0 Å². The lowest BCUT2D eigenvalue weighted by atomic mass is 9.96. The van der Waals surface area contributed by atoms with Crippen molar-refractivity contribution in [2.75, 3.05) is 20.8 Å². The van der Waals surface area contributed by atoms with E-state index < -0.39 is 18.1 Å². The van der Waals surface area contributed by atoms with Crippen LogP contribution in [0.15, 0.2) is 66.9 Å². The van der Waals surface area contributed by atoms with E-state index in [4.69, 9.17) is 9.47 Å². The molecule has 33 heavy (non-hydrogen) atoms. The summed E-state index contributed by atoms with van der Waals surface area (Å²) in [5.74, 6) is -0.217. The Bertz CT molecular complexity index is 1040. The van der Waals surface area contributed by atoms with Gasteiger partial charge in [-0.05, 0) is 47.5 Å². The molecular formula is C24H25N5O4. The van der Waals surface area contributed by atoms with Crippen molar-refractivity contribution in [1.82, 2.24) is 26.1 Å². The summed E-state index contributed by atoms with van der Waals surface area (Å²) >= 11 is 0. The number of rotatable bonds is 7. The van der Waals surface area contributed by atoms with Gasteiger partial charge in [0.1, 0.15) is 29.3 Å². The van der Waals surface area contributed by atoms with Crippen molar-refractivity contribution in [1.29, 1.82) is 0 Å². The number of aromatic nitrogens is 2. The van der Waals surface area contributed by atoms with Gasteiger partial charge in [0.2, 0.25) is 11.8 Å². The molecule has 0 bridgehead atoms. The first kappa shape index (κ1) is 22.2. The smallest absolute Gasteiger partial charge is 0.235 e. The molecule has 0 spiro atoms. The van der Waals surface area contributed by atoms with Crippen LogP contribution in [0, 0.1) is 5.92 Å². The Morgan fingerprint density at radius 3 is 2.09 bits per heavy atom. The van der Waals surface area contributed by atoms with Crippen molar-refractivity contribution < 1.29 is 19.1 Å². The molecule has 9 nitrogen and oxygen atoms in total. The third kappa shape index (κ3) is 5.09. The maximum absolute atomic E-state index is 13.2. The molecule has 2 unspecified atom stereocenters. The van der Waals surface area contributed by atoms with Crippen molar-refractivity contribution in [2.24, 2.45) is 5.92 Å². The highest BCUT2D eigenvalue weighted by atomic mass is 16.5. The Hall–Kier alpha value is -3.98. The number of hydrogen-bond donors (Lipinski definition) is 3. The molecule has 2 aromatic carbocycles. The lowest BCUT2D eigenvalue weighted by molar-refractivity contribution is -0.137. The highest BCUT2D eigenvalue weighted by molar-refractivity contribution is 6.01. The summed E-state index contributed by atoms with van der Waals surface area (Å²) < 4.78 is 10.5. The van der Waals surface area contributed by atoms with Crippen molar-refractivity contribution in [3.63, 3.8) is 0 Å². The zero-order chi connectivity index (χ0) is 23.2. The molecule has 170 valence electrons. The first-order valence-corrected chi connectivity index (χ1v) is 10.5. The van der Waals surface area contributed by atoms with E-state index in [-0.39, 0.29) is 18.4 Å². The molecule has 9 heteroatoms. The Morgan fingerprint density at radius 1 is 1.00 bits per heavy atom. The minimum Gasteiger partial charge on any atom is -0.497 e. The molecule has 4 rings (SSSR count). The lowest BCUT2D eigenvalue weighted by Gasteiger charge is -2.30. The van der Waals surface area contributed by atoms with Crippen LogP contribution in [0.4, 0.5) is 0 Å². The molecule has 1 fully saturated rings. The van der Waals surface area contributed by atoms with Gasteiger partial charge in [0.25, 0.3) is 0 Å². The number of benzene rings is 2. The van der Waals surface area contributed by atoms with Gasteiger partial charge in [-0.15, -0.1) is 0 Å². The van der Waals surface area contributed by atoms with Gasteiger partial charge < -0.3 is 20.1 Å². The second-order valence-corrected chi connectivity index (χ2v) is 7.54. The fraction of sp³-hybridized carbons (Fsp3) is 0.250. The molecule has 1 aliphatic rings. The Morgan fingerprint density at radius 2 is 1.61 bits per heavy atom. The zero-order valence-corrected chi connectivity index (χ0v) is 18.3. The molecule has 0 radical (unpaired) electrons. The highest BCUT2D eigenvalue weighted by Crippen LogP contribution is 2.26. The molecule has 3 N–H and O–H groups in total. The Labute approximate surface area is 191 Å². The van der Waals surface area contributed by atoms with Crippen LogP contribution in [-0.4, -0.2) is 42.8 Å². The van der Waals surface area contributed by atoms with Gasteiger partial charge in [0.15, 0.2) is 0 Å². The summed E-state index contributed by atoms with van der Waals surface area (Å²) in [5, 5.41) is 16.8. The number of nitrogens with one attached hydrogen (secondary N) is 3. The first-order valence-electron chi connectivity index (χ1n) is 10.5.